The summed E-state index contributed by atoms with van der Waals surface area (Å²) >= 11 is 0. The summed E-state index contributed by atoms with van der Waals surface area (Å²) < 4.78 is 38.4. The summed E-state index contributed by atoms with van der Waals surface area (Å²) in [6.45, 7) is 2.74. The minimum atomic E-state index is -4.59. The molecule has 20 heavy (non-hydrogen) atoms. The zero-order chi connectivity index (χ0) is 15.5. The van der Waals surface area contributed by atoms with E-state index in [0.717, 1.165) is 17.7 Å². The highest BCUT2D eigenvalue weighted by molar-refractivity contribution is 5.80. The molecule has 4 nitrogen and oxygen atoms in total. The first-order chi connectivity index (χ1) is 9.18. The lowest BCUT2D eigenvalue weighted by molar-refractivity contribution is -0.188. The average molecular weight is 295 g/mol. The second-order valence-corrected chi connectivity index (χ2v) is 5.38. The molecule has 7 heteroatoms. The van der Waals surface area contributed by atoms with Gasteiger partial charge in [-0.05, 0) is 6.42 Å². The Balaban J connectivity index is 2.75. The van der Waals surface area contributed by atoms with E-state index in [2.05, 4.69) is 0 Å². The number of halogens is 3. The molecule has 0 bridgehead atoms. The molecule has 1 fully saturated rings. The fourth-order valence-electron chi connectivity index (χ4n) is 2.51. The standard InChI is InChI=1S/C13H20F3NO3/c1-3-4-5-8(2)11(18)17-6-9(12(19)20)10(7-17)13(14,15)16/h8-10H,3-7H2,1-2H3,(H,19,20)/t8?,9-,10-/m1/s1. The second-order valence-electron chi connectivity index (χ2n) is 5.38. The number of nitrogens with zero attached hydrogens (tertiary/aromatic N) is 1. The van der Waals surface area contributed by atoms with Crippen molar-refractivity contribution in [1.82, 2.24) is 4.90 Å². The molecule has 1 heterocycles. The van der Waals surface area contributed by atoms with E-state index in [1.54, 1.807) is 6.92 Å². The number of carbonyl (C=O) groups is 2. The van der Waals surface area contributed by atoms with Crippen molar-refractivity contribution in [3.05, 3.63) is 0 Å². The van der Waals surface area contributed by atoms with Crippen LogP contribution in [0.1, 0.15) is 33.1 Å². The number of carboxylic acid groups (broad SMARTS) is 1. The van der Waals surface area contributed by atoms with Crippen LogP contribution in [0.15, 0.2) is 0 Å². The lowest BCUT2D eigenvalue weighted by atomic mass is 9.96. The Morgan fingerprint density at radius 3 is 2.35 bits per heavy atom. The molecular weight excluding hydrogens is 275 g/mol. The van der Waals surface area contributed by atoms with Crippen molar-refractivity contribution < 1.29 is 27.9 Å². The first-order valence-corrected chi connectivity index (χ1v) is 6.76. The monoisotopic (exact) mass is 295 g/mol. The fourth-order valence-corrected chi connectivity index (χ4v) is 2.51. The molecule has 0 aromatic rings. The Labute approximate surface area is 115 Å². The van der Waals surface area contributed by atoms with Crippen molar-refractivity contribution in [2.45, 2.75) is 39.3 Å². The first kappa shape index (κ1) is 16.8. The van der Waals surface area contributed by atoms with Gasteiger partial charge in [-0.1, -0.05) is 26.7 Å². The molecule has 1 amide bonds. The predicted molar refractivity (Wildman–Crippen MR) is 65.9 cm³/mol. The molecule has 1 aliphatic rings. The molecule has 0 aromatic heterocycles. The summed E-state index contributed by atoms with van der Waals surface area (Å²) in [5, 5.41) is 8.89. The van der Waals surface area contributed by atoms with Crippen LogP contribution in [0.4, 0.5) is 13.2 Å². The topological polar surface area (TPSA) is 57.6 Å². The van der Waals surface area contributed by atoms with E-state index in [1.165, 1.54) is 0 Å². The molecule has 0 aromatic carbocycles. The van der Waals surface area contributed by atoms with Crippen LogP contribution in [0.5, 0.6) is 0 Å². The van der Waals surface area contributed by atoms with E-state index in [1.807, 2.05) is 6.92 Å². The first-order valence-electron chi connectivity index (χ1n) is 6.76. The van der Waals surface area contributed by atoms with Crippen LogP contribution < -0.4 is 0 Å². The fraction of sp³-hybridized carbons (Fsp3) is 0.846. The average Bonchev–Trinajstić information content (AvgIpc) is 2.79. The van der Waals surface area contributed by atoms with Crippen LogP contribution in [-0.4, -0.2) is 41.1 Å². The maximum atomic E-state index is 12.8. The molecule has 1 aliphatic heterocycles. The minimum Gasteiger partial charge on any atom is -0.481 e. The Bertz CT molecular complexity index is 370. The molecular formula is C13H20F3NO3. The van der Waals surface area contributed by atoms with E-state index in [0.29, 0.717) is 6.42 Å². The second kappa shape index (κ2) is 6.45. The van der Waals surface area contributed by atoms with Gasteiger partial charge in [-0.3, -0.25) is 9.59 Å². The molecule has 0 spiro atoms. The molecule has 0 radical (unpaired) electrons. The van der Waals surface area contributed by atoms with Crippen LogP contribution in [0.3, 0.4) is 0 Å². The normalized spacial score (nSPS) is 24.8. The minimum absolute atomic E-state index is 0.352. The summed E-state index contributed by atoms with van der Waals surface area (Å²) in [5.74, 6) is -5.77. The number of alkyl halides is 3. The van der Waals surface area contributed by atoms with E-state index in [4.69, 9.17) is 5.11 Å². The summed E-state index contributed by atoms with van der Waals surface area (Å²) in [7, 11) is 0. The van der Waals surface area contributed by atoms with E-state index < -0.39 is 30.5 Å². The molecule has 1 N–H and O–H groups in total. The van der Waals surface area contributed by atoms with Crippen LogP contribution >= 0.6 is 0 Å². The van der Waals surface area contributed by atoms with Crippen molar-refractivity contribution >= 4 is 11.9 Å². The maximum Gasteiger partial charge on any atom is 0.394 e. The Kier molecular flexibility index (Phi) is 5.42. The van der Waals surface area contributed by atoms with Crippen LogP contribution in [0.2, 0.25) is 0 Å². The zero-order valence-corrected chi connectivity index (χ0v) is 11.6. The number of unbranched alkanes of at least 4 members (excludes halogenated alkanes) is 1. The lowest BCUT2D eigenvalue weighted by Gasteiger charge is -2.21. The number of hydrogen-bond acceptors (Lipinski definition) is 2. The van der Waals surface area contributed by atoms with Gasteiger partial charge in [0.05, 0.1) is 11.8 Å². The number of likely N-dealkylation sites (tertiary alicyclic amines) is 1. The molecule has 1 saturated heterocycles. The number of carboxylic acids is 1. The Morgan fingerprint density at radius 2 is 1.95 bits per heavy atom. The highest BCUT2D eigenvalue weighted by Crippen LogP contribution is 2.38. The summed E-state index contributed by atoms with van der Waals surface area (Å²) in [4.78, 5) is 24.0. The third-order valence-electron chi connectivity index (χ3n) is 3.78. The number of amides is 1. The highest BCUT2D eigenvalue weighted by Gasteiger charge is 2.53. The van der Waals surface area contributed by atoms with E-state index in [-0.39, 0.29) is 18.4 Å². The van der Waals surface area contributed by atoms with Gasteiger partial charge in [0.25, 0.3) is 0 Å². The summed E-state index contributed by atoms with van der Waals surface area (Å²) in [6.07, 6.45) is -2.25. The van der Waals surface area contributed by atoms with Crippen molar-refractivity contribution in [1.29, 1.82) is 0 Å². The van der Waals surface area contributed by atoms with Gasteiger partial charge in [-0.2, -0.15) is 13.2 Å². The predicted octanol–water partition coefficient (Wildman–Crippen LogP) is 2.53. The number of rotatable bonds is 5. The van der Waals surface area contributed by atoms with Gasteiger partial charge in [-0.25, -0.2) is 0 Å². The number of hydrogen-bond donors (Lipinski definition) is 1. The van der Waals surface area contributed by atoms with Crippen LogP contribution in [0, 0.1) is 17.8 Å². The number of aliphatic carboxylic acids is 1. The van der Waals surface area contributed by atoms with E-state index in [9.17, 15) is 22.8 Å². The third kappa shape index (κ3) is 3.86. The molecule has 3 atom stereocenters. The SMILES string of the molecule is CCCCC(C)C(=O)N1C[C@@H](C(F)(F)F)[C@H](C(=O)O)C1. The Morgan fingerprint density at radius 1 is 1.35 bits per heavy atom. The molecule has 0 aliphatic carbocycles. The van der Waals surface area contributed by atoms with E-state index >= 15 is 0 Å². The Hall–Kier alpha value is -1.27. The smallest absolute Gasteiger partial charge is 0.394 e. The third-order valence-corrected chi connectivity index (χ3v) is 3.78. The van der Waals surface area contributed by atoms with Gasteiger partial charge in [-0.15, -0.1) is 0 Å². The molecule has 116 valence electrons. The van der Waals surface area contributed by atoms with Crippen molar-refractivity contribution in [3.63, 3.8) is 0 Å². The van der Waals surface area contributed by atoms with Gasteiger partial charge in [0.2, 0.25) is 5.91 Å². The number of carbonyl (C=O) groups excluding carboxylic acids is 1. The quantitative estimate of drug-likeness (QED) is 0.848. The van der Waals surface area contributed by atoms with Gasteiger partial charge >= 0.3 is 12.1 Å². The van der Waals surface area contributed by atoms with Gasteiger partial charge < -0.3 is 10.0 Å². The molecule has 0 saturated carbocycles. The van der Waals surface area contributed by atoms with Gasteiger partial charge in [0, 0.05) is 19.0 Å². The van der Waals surface area contributed by atoms with Crippen LogP contribution in [0.25, 0.3) is 0 Å². The van der Waals surface area contributed by atoms with Gasteiger partial charge in [0.15, 0.2) is 0 Å². The summed E-state index contributed by atoms with van der Waals surface area (Å²) in [6, 6.07) is 0. The highest BCUT2D eigenvalue weighted by atomic mass is 19.4. The summed E-state index contributed by atoms with van der Waals surface area (Å²) in [5.41, 5.74) is 0. The maximum absolute atomic E-state index is 12.8. The largest absolute Gasteiger partial charge is 0.481 e. The van der Waals surface area contributed by atoms with Crippen LogP contribution in [-0.2, 0) is 9.59 Å². The van der Waals surface area contributed by atoms with Crippen molar-refractivity contribution in [2.24, 2.45) is 17.8 Å². The molecule has 1 unspecified atom stereocenters. The lowest BCUT2D eigenvalue weighted by Crippen LogP contribution is -2.35. The van der Waals surface area contributed by atoms with Crippen molar-refractivity contribution in [2.75, 3.05) is 13.1 Å². The zero-order valence-electron chi connectivity index (χ0n) is 11.6. The van der Waals surface area contributed by atoms with Crippen molar-refractivity contribution in [3.8, 4) is 0 Å². The van der Waals surface area contributed by atoms with Gasteiger partial charge in [0.1, 0.15) is 0 Å². The molecule has 1 rings (SSSR count).